The monoisotopic (exact) mass is 413 g/mol. The van der Waals surface area contributed by atoms with E-state index in [-0.39, 0.29) is 18.0 Å². The summed E-state index contributed by atoms with van der Waals surface area (Å²) >= 11 is 3.35. The van der Waals surface area contributed by atoms with Gasteiger partial charge in [0.1, 0.15) is 5.82 Å². The molecule has 0 unspecified atom stereocenters. The molecule has 0 spiro atoms. The maximum atomic E-state index is 13.3. The Morgan fingerprint density at radius 1 is 1.08 bits per heavy atom. The minimum absolute atomic E-state index is 0.0587. The second kappa shape index (κ2) is 6.55. The van der Waals surface area contributed by atoms with Gasteiger partial charge in [0.05, 0.1) is 10.5 Å². The maximum Gasteiger partial charge on any atom is 0.243 e. The van der Waals surface area contributed by atoms with E-state index in [0.717, 1.165) is 16.1 Å². The summed E-state index contributed by atoms with van der Waals surface area (Å²) in [5, 5.41) is 10.8. The van der Waals surface area contributed by atoms with Gasteiger partial charge in [-0.2, -0.15) is 4.31 Å². The van der Waals surface area contributed by atoms with Crippen LogP contribution < -0.4 is 0 Å². The molecule has 128 valence electrons. The van der Waals surface area contributed by atoms with Crippen molar-refractivity contribution in [3.05, 3.63) is 64.4 Å². The summed E-state index contributed by atoms with van der Waals surface area (Å²) in [6.45, 7) is 0.372. The van der Waals surface area contributed by atoms with Gasteiger partial charge in [0.2, 0.25) is 10.0 Å². The number of nitrogens with zero attached hydrogens (tertiary/aromatic N) is 1. The van der Waals surface area contributed by atoms with Gasteiger partial charge in [-0.05, 0) is 48.7 Å². The lowest BCUT2D eigenvalue weighted by Gasteiger charge is -2.37. The van der Waals surface area contributed by atoms with Crippen LogP contribution in [-0.4, -0.2) is 30.9 Å². The lowest BCUT2D eigenvalue weighted by molar-refractivity contribution is -0.00962. The average molecular weight is 414 g/mol. The zero-order chi connectivity index (χ0) is 17.4. The summed E-state index contributed by atoms with van der Waals surface area (Å²) in [7, 11) is -3.75. The van der Waals surface area contributed by atoms with E-state index < -0.39 is 21.4 Å². The van der Waals surface area contributed by atoms with Gasteiger partial charge >= 0.3 is 0 Å². The van der Waals surface area contributed by atoms with Crippen molar-refractivity contribution in [3.63, 3.8) is 0 Å². The minimum atomic E-state index is -3.75. The molecule has 7 heteroatoms. The molecule has 0 atom stereocenters. The van der Waals surface area contributed by atoms with Crippen molar-refractivity contribution >= 4 is 26.0 Å². The van der Waals surface area contributed by atoms with Crippen LogP contribution in [0.3, 0.4) is 0 Å². The molecule has 1 N–H and O–H groups in total. The van der Waals surface area contributed by atoms with E-state index in [1.165, 1.54) is 22.5 Å². The topological polar surface area (TPSA) is 57.6 Å². The lowest BCUT2D eigenvalue weighted by Crippen LogP contribution is -2.45. The first kappa shape index (κ1) is 17.5. The molecular formula is C17H17BrFNO3S. The second-order valence-corrected chi connectivity index (χ2v) is 8.75. The smallest absolute Gasteiger partial charge is 0.243 e. The summed E-state index contributed by atoms with van der Waals surface area (Å²) in [4.78, 5) is -0.0587. The van der Waals surface area contributed by atoms with Crippen LogP contribution in [0.4, 0.5) is 4.39 Å². The van der Waals surface area contributed by atoms with E-state index in [9.17, 15) is 17.9 Å². The van der Waals surface area contributed by atoms with Crippen molar-refractivity contribution in [2.24, 2.45) is 0 Å². The molecule has 0 saturated carbocycles. The van der Waals surface area contributed by atoms with Gasteiger partial charge in [-0.3, -0.25) is 0 Å². The Balaban J connectivity index is 1.78. The van der Waals surface area contributed by atoms with E-state index in [2.05, 4.69) is 15.9 Å². The van der Waals surface area contributed by atoms with Gasteiger partial charge in [-0.1, -0.05) is 34.1 Å². The molecule has 24 heavy (non-hydrogen) atoms. The van der Waals surface area contributed by atoms with Crippen LogP contribution in [0, 0.1) is 5.82 Å². The van der Waals surface area contributed by atoms with Crippen LogP contribution in [0.2, 0.25) is 0 Å². The molecule has 0 amide bonds. The predicted octanol–water partition coefficient (Wildman–Crippen LogP) is 3.26. The quantitative estimate of drug-likeness (QED) is 0.839. The standard InChI is InChI=1S/C17H17BrFNO3S/c18-14-6-4-13(5-7-14)17(21)8-10-20(11-9-17)24(22,23)16-3-1-2-15(19)12-16/h1-7,12,21H,8-11H2. The fraction of sp³-hybridized carbons (Fsp3) is 0.294. The highest BCUT2D eigenvalue weighted by Gasteiger charge is 2.38. The second-order valence-electron chi connectivity index (χ2n) is 5.90. The third-order valence-electron chi connectivity index (χ3n) is 4.36. The molecule has 3 rings (SSSR count). The van der Waals surface area contributed by atoms with Crippen LogP contribution in [0.15, 0.2) is 57.9 Å². The highest BCUT2D eigenvalue weighted by atomic mass is 79.9. The van der Waals surface area contributed by atoms with Crippen LogP contribution in [0.5, 0.6) is 0 Å². The number of hydrogen-bond acceptors (Lipinski definition) is 3. The fourth-order valence-electron chi connectivity index (χ4n) is 2.92. The summed E-state index contributed by atoms with van der Waals surface area (Å²) in [6.07, 6.45) is 0.590. The molecular weight excluding hydrogens is 397 g/mol. The molecule has 1 aliphatic rings. The van der Waals surface area contributed by atoms with E-state index >= 15 is 0 Å². The Bertz CT molecular complexity index is 831. The first-order chi connectivity index (χ1) is 11.3. The molecule has 1 fully saturated rings. The van der Waals surface area contributed by atoms with Crippen molar-refractivity contribution in [1.82, 2.24) is 4.31 Å². The molecule has 4 nitrogen and oxygen atoms in total. The largest absolute Gasteiger partial charge is 0.385 e. The van der Waals surface area contributed by atoms with E-state index in [4.69, 9.17) is 0 Å². The van der Waals surface area contributed by atoms with Crippen molar-refractivity contribution in [2.75, 3.05) is 13.1 Å². The minimum Gasteiger partial charge on any atom is -0.385 e. The van der Waals surface area contributed by atoms with E-state index in [1.54, 1.807) is 0 Å². The highest BCUT2D eigenvalue weighted by Crippen LogP contribution is 2.35. The van der Waals surface area contributed by atoms with Gasteiger partial charge in [0, 0.05) is 17.6 Å². The lowest BCUT2D eigenvalue weighted by atomic mass is 9.85. The molecule has 1 aliphatic heterocycles. The summed E-state index contributed by atoms with van der Waals surface area (Å²) in [5.74, 6) is -0.584. The molecule has 0 bridgehead atoms. The Morgan fingerprint density at radius 2 is 1.71 bits per heavy atom. The third kappa shape index (κ3) is 3.39. The first-order valence-corrected chi connectivity index (χ1v) is 9.79. The summed E-state index contributed by atoms with van der Waals surface area (Å²) in [6, 6.07) is 12.4. The zero-order valence-corrected chi connectivity index (χ0v) is 15.2. The summed E-state index contributed by atoms with van der Waals surface area (Å²) in [5.41, 5.74) is -0.275. The SMILES string of the molecule is O=S(=O)(c1cccc(F)c1)N1CCC(O)(c2ccc(Br)cc2)CC1. The fourth-order valence-corrected chi connectivity index (χ4v) is 4.66. The third-order valence-corrected chi connectivity index (χ3v) is 6.79. The Morgan fingerprint density at radius 3 is 2.29 bits per heavy atom. The molecule has 0 aromatic heterocycles. The van der Waals surface area contributed by atoms with Crippen molar-refractivity contribution in [1.29, 1.82) is 0 Å². The Kier molecular flexibility index (Phi) is 4.79. The number of piperidine rings is 1. The zero-order valence-electron chi connectivity index (χ0n) is 12.8. The van der Waals surface area contributed by atoms with Crippen LogP contribution >= 0.6 is 15.9 Å². The number of benzene rings is 2. The van der Waals surface area contributed by atoms with Gasteiger partial charge in [-0.15, -0.1) is 0 Å². The van der Waals surface area contributed by atoms with Gasteiger partial charge in [-0.25, -0.2) is 12.8 Å². The van der Waals surface area contributed by atoms with E-state index in [0.29, 0.717) is 12.8 Å². The van der Waals surface area contributed by atoms with Crippen LogP contribution in [-0.2, 0) is 15.6 Å². The van der Waals surface area contributed by atoms with Crippen LogP contribution in [0.25, 0.3) is 0 Å². The highest BCUT2D eigenvalue weighted by molar-refractivity contribution is 9.10. The number of halogens is 2. The van der Waals surface area contributed by atoms with E-state index in [1.807, 2.05) is 24.3 Å². The van der Waals surface area contributed by atoms with Gasteiger partial charge in [0.15, 0.2) is 0 Å². The Hall–Kier alpha value is -1.28. The number of aliphatic hydroxyl groups is 1. The van der Waals surface area contributed by atoms with Gasteiger partial charge < -0.3 is 5.11 Å². The first-order valence-electron chi connectivity index (χ1n) is 7.55. The molecule has 0 radical (unpaired) electrons. The van der Waals surface area contributed by atoms with Crippen molar-refractivity contribution in [2.45, 2.75) is 23.3 Å². The van der Waals surface area contributed by atoms with Gasteiger partial charge in [0.25, 0.3) is 0 Å². The molecule has 1 heterocycles. The number of rotatable bonds is 3. The van der Waals surface area contributed by atoms with Crippen LogP contribution in [0.1, 0.15) is 18.4 Å². The number of hydrogen-bond donors (Lipinski definition) is 1. The molecule has 2 aromatic carbocycles. The molecule has 2 aromatic rings. The molecule has 0 aliphatic carbocycles. The number of sulfonamides is 1. The predicted molar refractivity (Wildman–Crippen MR) is 92.4 cm³/mol. The Labute approximate surface area is 149 Å². The van der Waals surface area contributed by atoms with Crippen molar-refractivity contribution < 1.29 is 17.9 Å². The van der Waals surface area contributed by atoms with Crippen molar-refractivity contribution in [3.8, 4) is 0 Å². The average Bonchev–Trinajstić information content (AvgIpc) is 2.56. The summed E-state index contributed by atoms with van der Waals surface area (Å²) < 4.78 is 40.7. The maximum absolute atomic E-state index is 13.3. The normalized spacial score (nSPS) is 18.5. The molecule has 1 saturated heterocycles.